The molecule has 1 rings (SSSR count). The number of aliphatic hydroxyl groups excluding tert-OH is 1. The molecule has 0 radical (unpaired) electrons. The average molecular weight is 259 g/mol. The Hall–Kier alpha value is -0.220. The minimum absolute atomic E-state index is 0.0241. The van der Waals surface area contributed by atoms with E-state index in [2.05, 4.69) is 12.2 Å². The summed E-state index contributed by atoms with van der Waals surface area (Å²) in [6.45, 7) is 3.01. The first-order valence-corrected chi connectivity index (χ1v) is 7.83. The fraction of sp³-hybridized carbons (Fsp3) is 0.923. The zero-order valence-corrected chi connectivity index (χ0v) is 11.7. The predicted octanol–water partition coefficient (Wildman–Crippen LogP) is 2.19. The molecule has 1 aliphatic carbocycles. The topological polar surface area (TPSA) is 49.3 Å². The van der Waals surface area contributed by atoms with Crippen LogP contribution in [0.3, 0.4) is 0 Å². The summed E-state index contributed by atoms with van der Waals surface area (Å²) < 4.78 is 0. The second-order valence-corrected chi connectivity index (χ2v) is 6.15. The molecule has 0 aromatic heterocycles. The van der Waals surface area contributed by atoms with Crippen LogP contribution < -0.4 is 5.32 Å². The number of rotatable bonds is 8. The lowest BCUT2D eigenvalue weighted by Crippen LogP contribution is -2.39. The normalized spacial score (nSPS) is 18.2. The summed E-state index contributed by atoms with van der Waals surface area (Å²) in [5.41, 5.74) is -0.0241. The number of unbranched alkanes of at least 4 members (excludes halogenated alkanes) is 1. The minimum Gasteiger partial charge on any atom is -0.396 e. The molecule has 0 bridgehead atoms. The van der Waals surface area contributed by atoms with Gasteiger partial charge in [-0.25, -0.2) is 0 Å². The summed E-state index contributed by atoms with van der Waals surface area (Å²) >= 11 is 1.70. The molecule has 0 aliphatic heterocycles. The monoisotopic (exact) mass is 259 g/mol. The molecule has 1 fully saturated rings. The number of carbonyl (C=O) groups excluding carboxylic acids is 1. The zero-order valence-electron chi connectivity index (χ0n) is 10.8. The first-order chi connectivity index (χ1) is 8.22. The van der Waals surface area contributed by atoms with Crippen LogP contribution in [0.1, 0.15) is 45.4 Å². The van der Waals surface area contributed by atoms with E-state index in [1.165, 1.54) is 25.7 Å². The zero-order chi connectivity index (χ0) is 12.6. The molecule has 4 heteroatoms. The van der Waals surface area contributed by atoms with Gasteiger partial charge in [-0.2, -0.15) is 11.8 Å². The van der Waals surface area contributed by atoms with E-state index in [9.17, 15) is 9.90 Å². The van der Waals surface area contributed by atoms with E-state index < -0.39 is 0 Å². The van der Waals surface area contributed by atoms with Gasteiger partial charge in [-0.15, -0.1) is 0 Å². The fourth-order valence-corrected chi connectivity index (χ4v) is 3.19. The van der Waals surface area contributed by atoms with Gasteiger partial charge < -0.3 is 10.4 Å². The molecule has 0 spiro atoms. The molecule has 0 aromatic rings. The Balaban J connectivity index is 2.14. The lowest BCUT2D eigenvalue weighted by Gasteiger charge is -2.26. The Labute approximate surface area is 109 Å². The molecule has 0 saturated heterocycles. The van der Waals surface area contributed by atoms with Crippen molar-refractivity contribution in [3.63, 3.8) is 0 Å². The van der Waals surface area contributed by atoms with E-state index in [-0.39, 0.29) is 17.9 Å². The van der Waals surface area contributed by atoms with E-state index in [0.29, 0.717) is 12.3 Å². The van der Waals surface area contributed by atoms with Crippen molar-refractivity contribution >= 4 is 17.7 Å². The number of thioether (sulfide) groups is 1. The molecule has 3 nitrogen and oxygen atoms in total. The molecule has 0 unspecified atom stereocenters. The Bertz CT molecular complexity index is 227. The molecular weight excluding hydrogens is 234 g/mol. The van der Waals surface area contributed by atoms with Crippen molar-refractivity contribution in [2.45, 2.75) is 45.4 Å². The third-order valence-electron chi connectivity index (χ3n) is 3.54. The molecule has 0 heterocycles. The van der Waals surface area contributed by atoms with E-state index in [0.717, 1.165) is 18.6 Å². The Morgan fingerprint density at radius 3 is 2.71 bits per heavy atom. The van der Waals surface area contributed by atoms with Crippen LogP contribution >= 0.6 is 11.8 Å². The Morgan fingerprint density at radius 1 is 1.41 bits per heavy atom. The van der Waals surface area contributed by atoms with Crippen LogP contribution in [-0.2, 0) is 4.79 Å². The van der Waals surface area contributed by atoms with Crippen LogP contribution in [0.4, 0.5) is 0 Å². The van der Waals surface area contributed by atoms with Gasteiger partial charge in [0.2, 0.25) is 5.91 Å². The van der Waals surface area contributed by atoms with Gasteiger partial charge >= 0.3 is 0 Å². The second kappa shape index (κ2) is 7.98. The molecule has 2 N–H and O–H groups in total. The summed E-state index contributed by atoms with van der Waals surface area (Å²) in [6.07, 6.45) is 6.82. The standard InChI is InChI=1S/C13H25NO2S/c1-2-3-8-17-9-12(16)14-10-13(11-15)6-4-5-7-13/h15H,2-11H2,1H3,(H,14,16). The van der Waals surface area contributed by atoms with Crippen molar-refractivity contribution in [3.8, 4) is 0 Å². The number of hydrogen-bond donors (Lipinski definition) is 2. The number of nitrogens with one attached hydrogen (secondary N) is 1. The highest BCUT2D eigenvalue weighted by molar-refractivity contribution is 7.99. The Morgan fingerprint density at radius 2 is 2.12 bits per heavy atom. The Kier molecular flexibility index (Phi) is 6.97. The maximum atomic E-state index is 11.6. The van der Waals surface area contributed by atoms with Crippen molar-refractivity contribution < 1.29 is 9.90 Å². The van der Waals surface area contributed by atoms with Gasteiger partial charge in [0.05, 0.1) is 12.4 Å². The summed E-state index contributed by atoms with van der Waals surface area (Å²) in [5.74, 6) is 1.74. The maximum Gasteiger partial charge on any atom is 0.230 e. The summed E-state index contributed by atoms with van der Waals surface area (Å²) in [5, 5.41) is 12.4. The molecule has 17 heavy (non-hydrogen) atoms. The number of aliphatic hydroxyl groups is 1. The fourth-order valence-electron chi connectivity index (χ4n) is 2.26. The quantitative estimate of drug-likeness (QED) is 0.657. The van der Waals surface area contributed by atoms with E-state index in [1.807, 2.05) is 0 Å². The van der Waals surface area contributed by atoms with Gasteiger partial charge in [0.1, 0.15) is 0 Å². The van der Waals surface area contributed by atoms with Crippen LogP contribution in [0.5, 0.6) is 0 Å². The lowest BCUT2D eigenvalue weighted by molar-refractivity contribution is -0.119. The first kappa shape index (κ1) is 14.8. The molecular formula is C13H25NO2S. The molecule has 1 amide bonds. The molecule has 100 valence electrons. The predicted molar refractivity (Wildman–Crippen MR) is 73.2 cm³/mol. The molecule has 0 aromatic carbocycles. The average Bonchev–Trinajstić information content (AvgIpc) is 2.82. The van der Waals surface area contributed by atoms with Gasteiger partial charge in [0.25, 0.3) is 0 Å². The summed E-state index contributed by atoms with van der Waals surface area (Å²) in [4.78, 5) is 11.6. The van der Waals surface area contributed by atoms with Crippen molar-refractivity contribution in [2.75, 3.05) is 24.7 Å². The maximum absolute atomic E-state index is 11.6. The van der Waals surface area contributed by atoms with Crippen LogP contribution in [0.25, 0.3) is 0 Å². The third kappa shape index (κ3) is 5.30. The van der Waals surface area contributed by atoms with Crippen LogP contribution in [0.2, 0.25) is 0 Å². The van der Waals surface area contributed by atoms with E-state index in [1.54, 1.807) is 11.8 Å². The lowest BCUT2D eigenvalue weighted by atomic mass is 9.87. The number of carbonyl (C=O) groups is 1. The van der Waals surface area contributed by atoms with Crippen molar-refractivity contribution in [1.82, 2.24) is 5.32 Å². The highest BCUT2D eigenvalue weighted by Crippen LogP contribution is 2.36. The van der Waals surface area contributed by atoms with Crippen molar-refractivity contribution in [2.24, 2.45) is 5.41 Å². The van der Waals surface area contributed by atoms with Gasteiger partial charge in [-0.1, -0.05) is 26.2 Å². The van der Waals surface area contributed by atoms with Gasteiger partial charge in [-0.3, -0.25) is 4.79 Å². The number of amides is 1. The summed E-state index contributed by atoms with van der Waals surface area (Å²) in [6, 6.07) is 0. The minimum atomic E-state index is -0.0241. The van der Waals surface area contributed by atoms with Crippen molar-refractivity contribution in [3.05, 3.63) is 0 Å². The molecule has 1 aliphatic rings. The van der Waals surface area contributed by atoms with Gasteiger partial charge in [-0.05, 0) is 25.0 Å². The highest BCUT2D eigenvalue weighted by atomic mass is 32.2. The summed E-state index contributed by atoms with van der Waals surface area (Å²) in [7, 11) is 0. The second-order valence-electron chi connectivity index (χ2n) is 5.05. The smallest absolute Gasteiger partial charge is 0.230 e. The highest BCUT2D eigenvalue weighted by Gasteiger charge is 2.33. The van der Waals surface area contributed by atoms with Crippen LogP contribution in [-0.4, -0.2) is 35.7 Å². The third-order valence-corrected chi connectivity index (χ3v) is 4.58. The van der Waals surface area contributed by atoms with E-state index >= 15 is 0 Å². The van der Waals surface area contributed by atoms with E-state index in [4.69, 9.17) is 0 Å². The van der Waals surface area contributed by atoms with Crippen LogP contribution in [0.15, 0.2) is 0 Å². The van der Waals surface area contributed by atoms with Crippen molar-refractivity contribution in [1.29, 1.82) is 0 Å². The van der Waals surface area contributed by atoms with Gasteiger partial charge in [0, 0.05) is 12.0 Å². The molecule has 0 atom stereocenters. The molecule has 1 saturated carbocycles. The van der Waals surface area contributed by atoms with Crippen LogP contribution in [0, 0.1) is 5.41 Å². The van der Waals surface area contributed by atoms with Gasteiger partial charge in [0.15, 0.2) is 0 Å². The SMILES string of the molecule is CCCCSCC(=O)NCC1(CO)CCCC1. The largest absolute Gasteiger partial charge is 0.396 e. The first-order valence-electron chi connectivity index (χ1n) is 6.68. The number of hydrogen-bond acceptors (Lipinski definition) is 3.